The van der Waals surface area contributed by atoms with Crippen LogP contribution in [0.2, 0.25) is 0 Å². The highest BCUT2D eigenvalue weighted by atomic mass is 19.1. The van der Waals surface area contributed by atoms with Gasteiger partial charge in [-0.15, -0.1) is 0 Å². The second-order valence-corrected chi connectivity index (χ2v) is 5.81. The Morgan fingerprint density at radius 2 is 1.73 bits per heavy atom. The molecule has 0 aromatic heterocycles. The molecule has 2 amide bonds. The summed E-state index contributed by atoms with van der Waals surface area (Å²) in [5.74, 6) is -0.546. The van der Waals surface area contributed by atoms with Crippen molar-refractivity contribution in [2.75, 3.05) is 39.3 Å². The number of amides is 2. The molecule has 0 saturated carbocycles. The molecule has 2 heterocycles. The van der Waals surface area contributed by atoms with Crippen molar-refractivity contribution in [1.29, 1.82) is 0 Å². The van der Waals surface area contributed by atoms with E-state index in [0.29, 0.717) is 26.2 Å². The Hall–Kier alpha value is -1.95. The van der Waals surface area contributed by atoms with Crippen molar-refractivity contribution >= 4 is 11.8 Å². The quantitative estimate of drug-likeness (QED) is 0.876. The topological polar surface area (TPSA) is 52.7 Å². The molecule has 2 fully saturated rings. The molecule has 6 heteroatoms. The van der Waals surface area contributed by atoms with Crippen molar-refractivity contribution in [2.24, 2.45) is 5.92 Å². The number of nitrogens with one attached hydrogen (secondary N) is 1. The standard InChI is InChI=1S/C16H20FN3O2/c17-14-5-2-1-4-13(14)16(22)20-7-3-6-19(8-9-20)15(21)12-10-18-11-12/h1-2,4-5,12,18H,3,6-11H2. The maximum absolute atomic E-state index is 13.7. The van der Waals surface area contributed by atoms with Gasteiger partial charge in [-0.05, 0) is 18.6 Å². The molecule has 0 bridgehead atoms. The fourth-order valence-corrected chi connectivity index (χ4v) is 2.87. The van der Waals surface area contributed by atoms with Crippen molar-refractivity contribution in [3.8, 4) is 0 Å². The average molecular weight is 305 g/mol. The second kappa shape index (κ2) is 6.44. The van der Waals surface area contributed by atoms with Crippen LogP contribution in [-0.4, -0.2) is 60.9 Å². The van der Waals surface area contributed by atoms with Gasteiger partial charge in [-0.1, -0.05) is 12.1 Å². The first-order chi connectivity index (χ1) is 10.7. The van der Waals surface area contributed by atoms with Crippen molar-refractivity contribution < 1.29 is 14.0 Å². The van der Waals surface area contributed by atoms with Crippen molar-refractivity contribution in [1.82, 2.24) is 15.1 Å². The summed E-state index contributed by atoms with van der Waals surface area (Å²) in [6.07, 6.45) is 0.728. The first-order valence-corrected chi connectivity index (χ1v) is 7.70. The lowest BCUT2D eigenvalue weighted by molar-refractivity contribution is -0.136. The van der Waals surface area contributed by atoms with Gasteiger partial charge in [-0.25, -0.2) is 4.39 Å². The molecule has 1 N–H and O–H groups in total. The number of hydrogen-bond acceptors (Lipinski definition) is 3. The third kappa shape index (κ3) is 2.97. The van der Waals surface area contributed by atoms with E-state index in [0.717, 1.165) is 19.5 Å². The number of carbonyl (C=O) groups is 2. The zero-order valence-electron chi connectivity index (χ0n) is 12.4. The average Bonchev–Trinajstić information content (AvgIpc) is 2.71. The normalized spacial score (nSPS) is 19.5. The lowest BCUT2D eigenvalue weighted by atomic mass is 10.0. The fraction of sp³-hybridized carbons (Fsp3) is 0.500. The molecular formula is C16H20FN3O2. The van der Waals surface area contributed by atoms with Crippen LogP contribution < -0.4 is 5.32 Å². The van der Waals surface area contributed by atoms with E-state index in [2.05, 4.69) is 5.32 Å². The zero-order chi connectivity index (χ0) is 15.5. The van der Waals surface area contributed by atoms with Gasteiger partial charge in [0, 0.05) is 39.3 Å². The Labute approximate surface area is 129 Å². The van der Waals surface area contributed by atoms with E-state index >= 15 is 0 Å². The van der Waals surface area contributed by atoms with Gasteiger partial charge in [0.15, 0.2) is 0 Å². The molecule has 0 radical (unpaired) electrons. The molecule has 5 nitrogen and oxygen atoms in total. The summed E-state index contributed by atoms with van der Waals surface area (Å²) in [7, 11) is 0. The summed E-state index contributed by atoms with van der Waals surface area (Å²) in [6.45, 7) is 3.69. The third-order valence-electron chi connectivity index (χ3n) is 4.33. The molecule has 0 spiro atoms. The lowest BCUT2D eigenvalue weighted by Gasteiger charge is -2.31. The van der Waals surface area contributed by atoms with E-state index in [4.69, 9.17) is 0 Å². The second-order valence-electron chi connectivity index (χ2n) is 5.81. The smallest absolute Gasteiger partial charge is 0.256 e. The number of benzene rings is 1. The van der Waals surface area contributed by atoms with Crippen molar-refractivity contribution in [3.63, 3.8) is 0 Å². The first kappa shape index (κ1) is 15.0. The van der Waals surface area contributed by atoms with E-state index in [1.807, 2.05) is 4.90 Å². The first-order valence-electron chi connectivity index (χ1n) is 7.70. The summed E-state index contributed by atoms with van der Waals surface area (Å²) in [5.41, 5.74) is 0.102. The monoisotopic (exact) mass is 305 g/mol. The summed E-state index contributed by atoms with van der Waals surface area (Å²) in [6, 6.07) is 6.03. The van der Waals surface area contributed by atoms with Gasteiger partial charge >= 0.3 is 0 Å². The molecule has 2 saturated heterocycles. The molecule has 0 unspecified atom stereocenters. The maximum Gasteiger partial charge on any atom is 0.256 e. The van der Waals surface area contributed by atoms with Crippen molar-refractivity contribution in [2.45, 2.75) is 6.42 Å². The highest BCUT2D eigenvalue weighted by Gasteiger charge is 2.31. The minimum Gasteiger partial charge on any atom is -0.341 e. The third-order valence-corrected chi connectivity index (χ3v) is 4.33. The van der Waals surface area contributed by atoms with E-state index in [9.17, 15) is 14.0 Å². The Morgan fingerprint density at radius 3 is 2.41 bits per heavy atom. The molecule has 0 aliphatic carbocycles. The minimum atomic E-state index is -0.495. The van der Waals surface area contributed by atoms with Crippen LogP contribution in [0.4, 0.5) is 4.39 Å². The Bertz CT molecular complexity index is 574. The van der Waals surface area contributed by atoms with Crippen LogP contribution in [0.1, 0.15) is 16.8 Å². The van der Waals surface area contributed by atoms with Crippen LogP contribution in [0, 0.1) is 11.7 Å². The summed E-state index contributed by atoms with van der Waals surface area (Å²) in [4.78, 5) is 28.2. The molecule has 22 heavy (non-hydrogen) atoms. The zero-order valence-corrected chi connectivity index (χ0v) is 12.4. The molecule has 0 atom stereocenters. The summed E-state index contributed by atoms with van der Waals surface area (Å²) >= 11 is 0. The molecule has 1 aromatic rings. The molecule has 118 valence electrons. The SMILES string of the molecule is O=C(c1ccccc1F)N1CCCN(C(=O)C2CNC2)CC1. The number of hydrogen-bond donors (Lipinski definition) is 1. The van der Waals surface area contributed by atoms with Crippen LogP contribution in [0.5, 0.6) is 0 Å². The Balaban J connectivity index is 1.63. The van der Waals surface area contributed by atoms with Gasteiger partial charge in [0.2, 0.25) is 5.91 Å². The van der Waals surface area contributed by atoms with Crippen molar-refractivity contribution in [3.05, 3.63) is 35.6 Å². The molecule has 1 aromatic carbocycles. The van der Waals surface area contributed by atoms with Gasteiger partial charge in [0.1, 0.15) is 5.82 Å². The number of nitrogens with zero attached hydrogens (tertiary/aromatic N) is 2. The van der Waals surface area contributed by atoms with Gasteiger partial charge in [0.25, 0.3) is 5.91 Å². The molecular weight excluding hydrogens is 285 g/mol. The van der Waals surface area contributed by atoms with Gasteiger partial charge in [-0.3, -0.25) is 9.59 Å². The summed E-state index contributed by atoms with van der Waals surface area (Å²) < 4.78 is 13.7. The van der Waals surface area contributed by atoms with Crippen LogP contribution in [0.25, 0.3) is 0 Å². The number of rotatable bonds is 2. The van der Waals surface area contributed by atoms with E-state index in [1.54, 1.807) is 17.0 Å². The number of carbonyl (C=O) groups excluding carboxylic acids is 2. The van der Waals surface area contributed by atoms with Crippen LogP contribution in [0.15, 0.2) is 24.3 Å². The Kier molecular flexibility index (Phi) is 4.38. The Morgan fingerprint density at radius 1 is 1.05 bits per heavy atom. The molecule has 3 rings (SSSR count). The summed E-state index contributed by atoms with van der Waals surface area (Å²) in [5, 5.41) is 3.10. The minimum absolute atomic E-state index is 0.0776. The lowest BCUT2D eigenvalue weighted by Crippen LogP contribution is -2.52. The van der Waals surface area contributed by atoms with Gasteiger partial charge < -0.3 is 15.1 Å². The maximum atomic E-state index is 13.7. The van der Waals surface area contributed by atoms with Crippen LogP contribution in [-0.2, 0) is 4.79 Å². The fourth-order valence-electron chi connectivity index (χ4n) is 2.87. The van der Waals surface area contributed by atoms with Gasteiger partial charge in [-0.2, -0.15) is 0 Å². The molecule has 2 aliphatic heterocycles. The number of halogens is 1. The van der Waals surface area contributed by atoms with E-state index < -0.39 is 5.82 Å². The predicted molar refractivity (Wildman–Crippen MR) is 79.9 cm³/mol. The van der Waals surface area contributed by atoms with E-state index in [1.165, 1.54) is 12.1 Å². The van der Waals surface area contributed by atoms with E-state index in [-0.39, 0.29) is 23.3 Å². The highest BCUT2D eigenvalue weighted by Crippen LogP contribution is 2.15. The largest absolute Gasteiger partial charge is 0.341 e. The molecule has 2 aliphatic rings. The van der Waals surface area contributed by atoms with Gasteiger partial charge in [0.05, 0.1) is 11.5 Å². The highest BCUT2D eigenvalue weighted by molar-refractivity contribution is 5.94. The van der Waals surface area contributed by atoms with Crippen LogP contribution in [0.3, 0.4) is 0 Å². The van der Waals surface area contributed by atoms with Crippen LogP contribution >= 0.6 is 0 Å². The predicted octanol–water partition coefficient (Wildman–Crippen LogP) is 0.720.